The minimum absolute atomic E-state index is 0.124. The summed E-state index contributed by atoms with van der Waals surface area (Å²) in [5.41, 5.74) is 1.69. The van der Waals surface area contributed by atoms with Crippen LogP contribution in [0.2, 0.25) is 0 Å². The highest BCUT2D eigenvalue weighted by Crippen LogP contribution is 2.26. The van der Waals surface area contributed by atoms with E-state index in [1.807, 2.05) is 36.4 Å². The van der Waals surface area contributed by atoms with E-state index in [-0.39, 0.29) is 5.78 Å². The summed E-state index contributed by atoms with van der Waals surface area (Å²) in [6, 6.07) is 20.2. The fourth-order valence-corrected chi connectivity index (χ4v) is 2.57. The Hall–Kier alpha value is -3.20. The normalized spacial score (nSPS) is 11.0. The smallest absolute Gasteiger partial charge is 0.328 e. The van der Waals surface area contributed by atoms with Crippen LogP contribution in [0.25, 0.3) is 16.8 Å². The molecular weight excluding hydrogens is 288 g/mol. The highest BCUT2D eigenvalue weighted by atomic mass is 16.4. The quantitative estimate of drug-likeness (QED) is 0.581. The van der Waals surface area contributed by atoms with Crippen molar-refractivity contribution in [2.45, 2.75) is 0 Å². The molecule has 0 spiro atoms. The Morgan fingerprint density at radius 2 is 1.52 bits per heavy atom. The first-order valence-electron chi connectivity index (χ1n) is 7.19. The van der Waals surface area contributed by atoms with Gasteiger partial charge in [0.1, 0.15) is 0 Å². The van der Waals surface area contributed by atoms with Crippen molar-refractivity contribution in [1.82, 2.24) is 0 Å². The van der Waals surface area contributed by atoms with E-state index in [0.29, 0.717) is 16.7 Å². The number of carboxylic acids is 1. The number of aliphatic carboxylic acids is 1. The second-order valence-corrected chi connectivity index (χ2v) is 5.11. The number of fused-ring (bicyclic) bond motifs is 1. The summed E-state index contributed by atoms with van der Waals surface area (Å²) in [4.78, 5) is 23.7. The Balaban J connectivity index is 2.22. The van der Waals surface area contributed by atoms with E-state index < -0.39 is 5.97 Å². The van der Waals surface area contributed by atoms with Crippen molar-refractivity contribution in [2.24, 2.45) is 0 Å². The largest absolute Gasteiger partial charge is 0.478 e. The predicted molar refractivity (Wildman–Crippen MR) is 90.5 cm³/mol. The highest BCUT2D eigenvalue weighted by Gasteiger charge is 2.14. The van der Waals surface area contributed by atoms with Gasteiger partial charge in [0.15, 0.2) is 5.78 Å². The lowest BCUT2D eigenvalue weighted by molar-refractivity contribution is -0.131. The van der Waals surface area contributed by atoms with Gasteiger partial charge < -0.3 is 5.11 Å². The zero-order valence-corrected chi connectivity index (χ0v) is 12.3. The van der Waals surface area contributed by atoms with Crippen LogP contribution >= 0.6 is 0 Å². The van der Waals surface area contributed by atoms with Crippen LogP contribution in [0.4, 0.5) is 0 Å². The Kier molecular flexibility index (Phi) is 4.02. The van der Waals surface area contributed by atoms with Gasteiger partial charge in [-0.3, -0.25) is 4.79 Å². The Labute approximate surface area is 133 Å². The maximum Gasteiger partial charge on any atom is 0.328 e. The minimum Gasteiger partial charge on any atom is -0.478 e. The van der Waals surface area contributed by atoms with Crippen molar-refractivity contribution in [3.8, 4) is 0 Å². The summed E-state index contributed by atoms with van der Waals surface area (Å²) in [7, 11) is 0. The standard InChI is InChI=1S/C20H14O3/c21-19(22)13-12-17-16-9-5-4-6-14(16)10-11-18(17)20(23)15-7-2-1-3-8-15/h1-13H,(H,21,22)/b13-12+. The van der Waals surface area contributed by atoms with E-state index in [1.165, 1.54) is 6.08 Å². The van der Waals surface area contributed by atoms with Crippen molar-refractivity contribution in [3.05, 3.63) is 89.5 Å². The van der Waals surface area contributed by atoms with E-state index in [9.17, 15) is 9.59 Å². The number of carbonyl (C=O) groups is 2. The maximum absolute atomic E-state index is 12.8. The first-order chi connectivity index (χ1) is 11.2. The van der Waals surface area contributed by atoms with Gasteiger partial charge in [-0.1, -0.05) is 60.7 Å². The summed E-state index contributed by atoms with van der Waals surface area (Å²) in [6.45, 7) is 0. The van der Waals surface area contributed by atoms with Gasteiger partial charge >= 0.3 is 5.97 Å². The first-order valence-corrected chi connectivity index (χ1v) is 7.19. The van der Waals surface area contributed by atoms with Crippen LogP contribution in [0.1, 0.15) is 21.5 Å². The van der Waals surface area contributed by atoms with Crippen LogP contribution in [0.3, 0.4) is 0 Å². The molecule has 0 heterocycles. The molecule has 112 valence electrons. The third kappa shape index (κ3) is 3.04. The van der Waals surface area contributed by atoms with Crippen molar-refractivity contribution < 1.29 is 14.7 Å². The van der Waals surface area contributed by atoms with Crippen molar-refractivity contribution in [2.75, 3.05) is 0 Å². The fraction of sp³-hybridized carbons (Fsp3) is 0. The van der Waals surface area contributed by atoms with E-state index in [1.54, 1.807) is 30.3 Å². The number of carbonyl (C=O) groups excluding carboxylic acids is 1. The zero-order valence-electron chi connectivity index (χ0n) is 12.3. The molecule has 0 aliphatic carbocycles. The Morgan fingerprint density at radius 3 is 2.26 bits per heavy atom. The summed E-state index contributed by atoms with van der Waals surface area (Å²) < 4.78 is 0. The molecule has 3 aromatic rings. The number of ketones is 1. The fourth-order valence-electron chi connectivity index (χ4n) is 2.57. The zero-order chi connectivity index (χ0) is 16.2. The van der Waals surface area contributed by atoms with Gasteiger partial charge in [0.2, 0.25) is 0 Å². The van der Waals surface area contributed by atoms with Crippen LogP contribution in [0.5, 0.6) is 0 Å². The molecule has 0 saturated carbocycles. The Morgan fingerprint density at radius 1 is 0.826 bits per heavy atom. The number of benzene rings is 3. The van der Waals surface area contributed by atoms with Crippen molar-refractivity contribution in [3.63, 3.8) is 0 Å². The van der Waals surface area contributed by atoms with Gasteiger partial charge in [0.25, 0.3) is 0 Å². The molecule has 0 unspecified atom stereocenters. The molecule has 0 aromatic heterocycles. The summed E-state index contributed by atoms with van der Waals surface area (Å²) in [5.74, 6) is -1.17. The molecule has 3 heteroatoms. The van der Waals surface area contributed by atoms with Gasteiger partial charge in [-0.05, 0) is 28.5 Å². The summed E-state index contributed by atoms with van der Waals surface area (Å²) >= 11 is 0. The lowest BCUT2D eigenvalue weighted by Gasteiger charge is -2.09. The van der Waals surface area contributed by atoms with E-state index in [0.717, 1.165) is 16.8 Å². The van der Waals surface area contributed by atoms with Gasteiger partial charge in [-0.15, -0.1) is 0 Å². The number of carboxylic acid groups (broad SMARTS) is 1. The molecule has 0 fully saturated rings. The average molecular weight is 302 g/mol. The molecular formula is C20H14O3. The lowest BCUT2D eigenvalue weighted by atomic mass is 9.93. The number of hydrogen-bond acceptors (Lipinski definition) is 2. The van der Waals surface area contributed by atoms with Crippen LogP contribution in [-0.4, -0.2) is 16.9 Å². The molecule has 0 radical (unpaired) electrons. The maximum atomic E-state index is 12.8. The van der Waals surface area contributed by atoms with E-state index in [4.69, 9.17) is 5.11 Å². The van der Waals surface area contributed by atoms with Crippen molar-refractivity contribution in [1.29, 1.82) is 0 Å². The van der Waals surface area contributed by atoms with Crippen LogP contribution in [-0.2, 0) is 4.79 Å². The van der Waals surface area contributed by atoms with Crippen LogP contribution in [0, 0.1) is 0 Å². The second kappa shape index (κ2) is 6.28. The molecule has 0 aliphatic heterocycles. The van der Waals surface area contributed by atoms with Crippen LogP contribution in [0.15, 0.2) is 72.8 Å². The van der Waals surface area contributed by atoms with Gasteiger partial charge in [0.05, 0.1) is 0 Å². The van der Waals surface area contributed by atoms with Gasteiger partial charge in [-0.2, -0.15) is 0 Å². The third-order valence-electron chi connectivity index (χ3n) is 3.64. The van der Waals surface area contributed by atoms with E-state index >= 15 is 0 Å². The molecule has 23 heavy (non-hydrogen) atoms. The van der Waals surface area contributed by atoms with Crippen molar-refractivity contribution >= 4 is 28.6 Å². The molecule has 3 nitrogen and oxygen atoms in total. The predicted octanol–water partition coefficient (Wildman–Crippen LogP) is 4.17. The summed E-state index contributed by atoms with van der Waals surface area (Å²) in [6.07, 6.45) is 2.55. The SMILES string of the molecule is O=C(O)/C=C/c1c(C(=O)c2ccccc2)ccc2ccccc12. The second-order valence-electron chi connectivity index (χ2n) is 5.11. The van der Waals surface area contributed by atoms with Crippen LogP contribution < -0.4 is 0 Å². The molecule has 3 rings (SSSR count). The third-order valence-corrected chi connectivity index (χ3v) is 3.64. The number of hydrogen-bond donors (Lipinski definition) is 1. The molecule has 0 bridgehead atoms. The average Bonchev–Trinajstić information content (AvgIpc) is 2.59. The Bertz CT molecular complexity index is 909. The number of rotatable bonds is 4. The topological polar surface area (TPSA) is 54.4 Å². The first kappa shape index (κ1) is 14.7. The van der Waals surface area contributed by atoms with E-state index in [2.05, 4.69) is 0 Å². The van der Waals surface area contributed by atoms with Gasteiger partial charge in [0, 0.05) is 17.2 Å². The lowest BCUT2D eigenvalue weighted by Crippen LogP contribution is -2.04. The molecule has 0 aliphatic rings. The minimum atomic E-state index is -1.05. The molecule has 3 aromatic carbocycles. The van der Waals surface area contributed by atoms with Gasteiger partial charge in [-0.25, -0.2) is 4.79 Å². The molecule has 1 N–H and O–H groups in total. The molecule has 0 saturated heterocycles. The molecule has 0 atom stereocenters. The highest BCUT2D eigenvalue weighted by molar-refractivity contribution is 6.14. The summed E-state index contributed by atoms with van der Waals surface area (Å²) in [5, 5.41) is 10.7. The monoisotopic (exact) mass is 302 g/mol. The molecule has 0 amide bonds.